The Morgan fingerprint density at radius 2 is 1.93 bits per heavy atom. The molecule has 1 spiro atoms. The third-order valence-corrected chi connectivity index (χ3v) is 7.20. The van der Waals surface area contributed by atoms with Crippen LogP contribution in [-0.4, -0.2) is 44.2 Å². The molecule has 7 nitrogen and oxygen atoms in total. The molecule has 2 aromatic rings. The molecule has 0 atom stereocenters. The third kappa shape index (κ3) is 3.82. The monoisotopic (exact) mass is 475 g/mol. The summed E-state index contributed by atoms with van der Waals surface area (Å²) in [5.41, 5.74) is 9.23. The first-order valence-corrected chi connectivity index (χ1v) is 11.3. The van der Waals surface area contributed by atoms with Gasteiger partial charge < -0.3 is 19.9 Å². The Balaban J connectivity index is 1.49. The average Bonchev–Trinajstić information content (AvgIpc) is 2.93. The smallest absolute Gasteiger partial charge is 0.410 e. The molecule has 0 saturated carbocycles. The van der Waals surface area contributed by atoms with Gasteiger partial charge in [0.2, 0.25) is 0 Å². The first kappa shape index (κ1) is 21.2. The number of halogens is 1. The Kier molecular flexibility index (Phi) is 5.33. The van der Waals surface area contributed by atoms with Crippen LogP contribution >= 0.6 is 15.9 Å². The molecule has 30 heavy (non-hydrogen) atoms. The lowest BCUT2D eigenvalue weighted by Gasteiger charge is -2.43. The molecule has 1 aliphatic heterocycles. The van der Waals surface area contributed by atoms with Crippen molar-refractivity contribution in [3.05, 3.63) is 22.6 Å². The quantitative estimate of drug-likeness (QED) is 0.633. The molecule has 2 aliphatic rings. The molecule has 8 heteroatoms. The number of nitrogens with zero attached hydrogens (tertiary/aromatic N) is 4. The van der Waals surface area contributed by atoms with Crippen molar-refractivity contribution in [2.45, 2.75) is 58.5 Å². The van der Waals surface area contributed by atoms with Crippen LogP contribution in [0.5, 0.6) is 0 Å². The molecule has 1 aliphatic carbocycles. The van der Waals surface area contributed by atoms with Crippen molar-refractivity contribution in [1.29, 1.82) is 0 Å². The van der Waals surface area contributed by atoms with Crippen LogP contribution in [0.25, 0.3) is 16.6 Å². The number of anilines is 1. The van der Waals surface area contributed by atoms with Gasteiger partial charge in [0, 0.05) is 20.1 Å². The highest BCUT2D eigenvalue weighted by Crippen LogP contribution is 2.48. The number of aryl methyl sites for hydroxylation is 1. The summed E-state index contributed by atoms with van der Waals surface area (Å²) in [5.74, 6) is 0.496. The number of nitrogen functional groups attached to an aromatic ring is 1. The number of carbonyl (C=O) groups is 1. The van der Waals surface area contributed by atoms with E-state index in [2.05, 4.69) is 36.5 Å². The number of carbonyl (C=O) groups excluding carboxylic acids is 1. The minimum atomic E-state index is -0.450. The second-order valence-electron chi connectivity index (χ2n) is 9.58. The zero-order valence-corrected chi connectivity index (χ0v) is 19.8. The summed E-state index contributed by atoms with van der Waals surface area (Å²) < 4.78 is 8.61. The number of likely N-dealkylation sites (tertiary alicyclic amines) is 1. The van der Waals surface area contributed by atoms with E-state index in [1.807, 2.05) is 32.7 Å². The number of allylic oxidation sites excluding steroid dienone is 2. The molecule has 0 unspecified atom stereocenters. The molecule has 1 amide bonds. The molecule has 3 heterocycles. The van der Waals surface area contributed by atoms with Gasteiger partial charge in [0.25, 0.3) is 0 Å². The summed E-state index contributed by atoms with van der Waals surface area (Å²) in [5, 5.41) is 0.877. The van der Waals surface area contributed by atoms with E-state index in [9.17, 15) is 4.79 Å². The highest BCUT2D eigenvalue weighted by atomic mass is 79.9. The van der Waals surface area contributed by atoms with Crippen LogP contribution in [0, 0.1) is 5.41 Å². The van der Waals surface area contributed by atoms with Gasteiger partial charge in [-0.05, 0) is 79.8 Å². The Morgan fingerprint density at radius 1 is 1.23 bits per heavy atom. The van der Waals surface area contributed by atoms with Gasteiger partial charge in [-0.1, -0.05) is 6.08 Å². The molecule has 4 rings (SSSR count). The van der Waals surface area contributed by atoms with Crippen molar-refractivity contribution in [2.75, 3.05) is 18.8 Å². The molecule has 0 radical (unpaired) electrons. The maximum atomic E-state index is 12.4. The van der Waals surface area contributed by atoms with Gasteiger partial charge in [0.1, 0.15) is 23.4 Å². The van der Waals surface area contributed by atoms with Crippen LogP contribution in [0.2, 0.25) is 0 Å². The highest BCUT2D eigenvalue weighted by molar-refractivity contribution is 9.10. The topological polar surface area (TPSA) is 86.3 Å². The Morgan fingerprint density at radius 3 is 2.50 bits per heavy atom. The number of aromatic nitrogens is 3. The van der Waals surface area contributed by atoms with E-state index in [0.29, 0.717) is 5.82 Å². The highest BCUT2D eigenvalue weighted by Gasteiger charge is 2.38. The number of nitrogens with two attached hydrogens (primary N) is 1. The SMILES string of the molecule is Cn1c(C2=CCC3(CC2)CCN(C(=O)OC(C)(C)C)CC3)c(Br)c2c(N)ncnc21. The fraction of sp³-hybridized carbons (Fsp3) is 0.591. The molecular weight excluding hydrogens is 446 g/mol. The number of hydrogen-bond acceptors (Lipinski definition) is 5. The molecule has 0 aromatic carbocycles. The summed E-state index contributed by atoms with van der Waals surface area (Å²) in [6.07, 6.45) is 8.88. The van der Waals surface area contributed by atoms with Crippen LogP contribution in [0.1, 0.15) is 58.6 Å². The summed E-state index contributed by atoms with van der Waals surface area (Å²) >= 11 is 3.74. The van der Waals surface area contributed by atoms with Crippen LogP contribution in [-0.2, 0) is 11.8 Å². The van der Waals surface area contributed by atoms with Gasteiger partial charge in [-0.15, -0.1) is 0 Å². The lowest BCUT2D eigenvalue weighted by Crippen LogP contribution is -2.45. The average molecular weight is 476 g/mol. The van der Waals surface area contributed by atoms with E-state index in [-0.39, 0.29) is 11.5 Å². The van der Waals surface area contributed by atoms with Gasteiger partial charge in [-0.3, -0.25) is 0 Å². The molecule has 1 fully saturated rings. The molecular formula is C22H30BrN5O2. The van der Waals surface area contributed by atoms with Crippen LogP contribution < -0.4 is 5.73 Å². The van der Waals surface area contributed by atoms with Crippen LogP contribution in [0.4, 0.5) is 10.6 Å². The fourth-order valence-corrected chi connectivity index (χ4v) is 5.59. The lowest BCUT2D eigenvalue weighted by atomic mass is 9.68. The molecule has 162 valence electrons. The van der Waals surface area contributed by atoms with E-state index in [4.69, 9.17) is 10.5 Å². The van der Waals surface area contributed by atoms with Crippen molar-refractivity contribution >= 4 is 44.4 Å². The minimum absolute atomic E-state index is 0.192. The van der Waals surface area contributed by atoms with Gasteiger partial charge in [0.15, 0.2) is 0 Å². The number of ether oxygens (including phenoxy) is 1. The van der Waals surface area contributed by atoms with Crippen molar-refractivity contribution < 1.29 is 9.53 Å². The standard InChI is InChI=1S/C22H30BrN5O2/c1-21(2,3)30-20(29)28-11-9-22(10-12-28)7-5-14(6-8-22)17-16(23)15-18(24)25-13-26-19(15)27(17)4/h5,13H,6-12H2,1-4H3,(H2,24,25,26). The summed E-state index contributed by atoms with van der Waals surface area (Å²) in [6.45, 7) is 7.26. The molecule has 2 aromatic heterocycles. The van der Waals surface area contributed by atoms with Crippen molar-refractivity contribution in [1.82, 2.24) is 19.4 Å². The summed E-state index contributed by atoms with van der Waals surface area (Å²) in [7, 11) is 2.03. The second kappa shape index (κ2) is 7.55. The lowest BCUT2D eigenvalue weighted by molar-refractivity contribution is 0.00896. The second-order valence-corrected chi connectivity index (χ2v) is 10.4. The third-order valence-electron chi connectivity index (χ3n) is 6.42. The van der Waals surface area contributed by atoms with Gasteiger partial charge >= 0.3 is 6.09 Å². The first-order valence-electron chi connectivity index (χ1n) is 10.5. The van der Waals surface area contributed by atoms with Crippen molar-refractivity contribution in [3.8, 4) is 0 Å². The largest absolute Gasteiger partial charge is 0.444 e. The number of piperidine rings is 1. The number of rotatable bonds is 1. The van der Waals surface area contributed by atoms with Crippen LogP contribution in [0.3, 0.4) is 0 Å². The zero-order chi connectivity index (χ0) is 21.7. The van der Waals surface area contributed by atoms with Crippen molar-refractivity contribution in [2.24, 2.45) is 12.5 Å². The predicted molar refractivity (Wildman–Crippen MR) is 122 cm³/mol. The fourth-order valence-electron chi connectivity index (χ4n) is 4.69. The van der Waals surface area contributed by atoms with E-state index in [1.54, 1.807) is 0 Å². The van der Waals surface area contributed by atoms with Gasteiger partial charge in [-0.25, -0.2) is 14.8 Å². The van der Waals surface area contributed by atoms with Gasteiger partial charge in [-0.2, -0.15) is 0 Å². The Labute approximate surface area is 185 Å². The Bertz CT molecular complexity index is 1010. The Hall–Kier alpha value is -2.09. The predicted octanol–water partition coefficient (Wildman–Crippen LogP) is 4.90. The van der Waals surface area contributed by atoms with E-state index >= 15 is 0 Å². The minimum Gasteiger partial charge on any atom is -0.444 e. The number of fused-ring (bicyclic) bond motifs is 1. The van der Waals surface area contributed by atoms with E-state index in [1.165, 1.54) is 11.9 Å². The van der Waals surface area contributed by atoms with E-state index < -0.39 is 5.60 Å². The molecule has 2 N–H and O–H groups in total. The number of hydrogen-bond donors (Lipinski definition) is 1. The molecule has 1 saturated heterocycles. The summed E-state index contributed by atoms with van der Waals surface area (Å²) in [4.78, 5) is 22.8. The number of amides is 1. The van der Waals surface area contributed by atoms with Crippen LogP contribution in [0.15, 0.2) is 16.9 Å². The first-order chi connectivity index (χ1) is 14.1. The van der Waals surface area contributed by atoms with Crippen molar-refractivity contribution in [3.63, 3.8) is 0 Å². The summed E-state index contributed by atoms with van der Waals surface area (Å²) in [6, 6.07) is 0. The normalized spacial score (nSPS) is 19.2. The zero-order valence-electron chi connectivity index (χ0n) is 18.2. The van der Waals surface area contributed by atoms with E-state index in [0.717, 1.165) is 66.4 Å². The van der Waals surface area contributed by atoms with Gasteiger partial charge in [0.05, 0.1) is 15.6 Å². The maximum Gasteiger partial charge on any atom is 0.410 e. The maximum absolute atomic E-state index is 12.4. The molecule has 0 bridgehead atoms.